The zero-order valence-corrected chi connectivity index (χ0v) is 12.2. The van der Waals surface area contributed by atoms with E-state index < -0.39 is 0 Å². The molecule has 0 saturated heterocycles. The predicted molar refractivity (Wildman–Crippen MR) is 88.6 cm³/mol. The summed E-state index contributed by atoms with van der Waals surface area (Å²) in [5, 5.41) is 18.6. The van der Waals surface area contributed by atoms with E-state index in [9.17, 15) is 9.90 Å². The van der Waals surface area contributed by atoms with Gasteiger partial charge in [-0.3, -0.25) is 4.79 Å². The number of hydrogen-bond donors (Lipinski definition) is 1. The zero-order chi connectivity index (χ0) is 16.2. The van der Waals surface area contributed by atoms with Crippen LogP contribution in [0.4, 0.5) is 0 Å². The Balaban J connectivity index is 2.22. The van der Waals surface area contributed by atoms with E-state index in [0.717, 1.165) is 22.3 Å². The second-order valence-electron chi connectivity index (χ2n) is 5.14. The molecule has 1 aliphatic rings. The Labute approximate surface area is 134 Å². The number of carbonyl (C=O) groups excluding carboxylic acids is 1. The molecule has 2 aromatic rings. The quantitative estimate of drug-likeness (QED) is 0.918. The molecule has 0 saturated carbocycles. The molecule has 0 unspecified atom stereocenters. The van der Waals surface area contributed by atoms with Crippen molar-refractivity contribution in [3.05, 3.63) is 95.1 Å². The summed E-state index contributed by atoms with van der Waals surface area (Å²) in [7, 11) is 0. The van der Waals surface area contributed by atoms with Gasteiger partial charge >= 0.3 is 0 Å². The van der Waals surface area contributed by atoms with Gasteiger partial charge in [-0.05, 0) is 58.7 Å². The van der Waals surface area contributed by atoms with Crippen molar-refractivity contribution in [2.75, 3.05) is 0 Å². The average molecular weight is 299 g/mol. The molecule has 3 heteroatoms. The first-order valence-electron chi connectivity index (χ1n) is 7.12. The van der Waals surface area contributed by atoms with Gasteiger partial charge in [0.25, 0.3) is 0 Å². The van der Waals surface area contributed by atoms with Crippen LogP contribution in [-0.2, 0) is 4.79 Å². The Morgan fingerprint density at radius 1 is 0.913 bits per heavy atom. The van der Waals surface area contributed by atoms with E-state index >= 15 is 0 Å². The molecule has 23 heavy (non-hydrogen) atoms. The summed E-state index contributed by atoms with van der Waals surface area (Å²) < 4.78 is 0. The number of nitriles is 1. The van der Waals surface area contributed by atoms with Gasteiger partial charge < -0.3 is 5.11 Å². The predicted octanol–water partition coefficient (Wildman–Crippen LogP) is 3.76. The third-order valence-corrected chi connectivity index (χ3v) is 3.58. The molecule has 3 rings (SSSR count). The molecule has 2 aromatic carbocycles. The van der Waals surface area contributed by atoms with Crippen LogP contribution in [0.5, 0.6) is 5.75 Å². The summed E-state index contributed by atoms with van der Waals surface area (Å²) in [5.41, 5.74) is 4.14. The lowest BCUT2D eigenvalue weighted by atomic mass is 9.90. The Bertz CT molecular complexity index is 876. The summed E-state index contributed by atoms with van der Waals surface area (Å²) in [6.07, 6.45) is 6.57. The number of aromatic hydroxyl groups is 1. The molecule has 1 aliphatic carbocycles. The van der Waals surface area contributed by atoms with E-state index in [-0.39, 0.29) is 11.5 Å². The number of hydrogen-bond acceptors (Lipinski definition) is 3. The van der Waals surface area contributed by atoms with Gasteiger partial charge in [0.1, 0.15) is 5.75 Å². The molecule has 0 spiro atoms. The van der Waals surface area contributed by atoms with Gasteiger partial charge in [0.15, 0.2) is 5.78 Å². The van der Waals surface area contributed by atoms with E-state index in [1.807, 2.05) is 30.3 Å². The summed E-state index contributed by atoms with van der Waals surface area (Å²) >= 11 is 0. The molecule has 3 nitrogen and oxygen atoms in total. The SMILES string of the molecule is N#Cc1cccc(C(=C2C=CC(=O)C=C2)c2ccc(O)cc2)c1. The van der Waals surface area contributed by atoms with Crippen molar-refractivity contribution < 1.29 is 9.90 Å². The van der Waals surface area contributed by atoms with Gasteiger partial charge in [-0.2, -0.15) is 5.26 Å². The normalized spacial score (nSPS) is 13.0. The van der Waals surface area contributed by atoms with Crippen LogP contribution in [0.15, 0.2) is 78.4 Å². The van der Waals surface area contributed by atoms with Gasteiger partial charge in [-0.1, -0.05) is 36.4 Å². The molecular formula is C20H13NO2. The number of carbonyl (C=O) groups is 1. The number of phenolic OH excluding ortho intramolecular Hbond substituents is 1. The van der Waals surface area contributed by atoms with Crippen molar-refractivity contribution in [3.63, 3.8) is 0 Å². The second-order valence-corrected chi connectivity index (χ2v) is 5.14. The highest BCUT2D eigenvalue weighted by Gasteiger charge is 2.12. The minimum absolute atomic E-state index is 0.0513. The molecule has 0 heterocycles. The number of ketones is 1. The van der Waals surface area contributed by atoms with Crippen molar-refractivity contribution in [1.29, 1.82) is 5.26 Å². The van der Waals surface area contributed by atoms with Gasteiger partial charge in [-0.15, -0.1) is 0 Å². The number of benzene rings is 2. The van der Waals surface area contributed by atoms with Crippen molar-refractivity contribution in [2.45, 2.75) is 0 Å². The van der Waals surface area contributed by atoms with E-state index in [2.05, 4.69) is 6.07 Å². The molecule has 0 atom stereocenters. The van der Waals surface area contributed by atoms with Crippen LogP contribution in [0, 0.1) is 11.3 Å². The largest absolute Gasteiger partial charge is 0.508 e. The van der Waals surface area contributed by atoms with Crippen molar-refractivity contribution >= 4 is 11.4 Å². The maximum absolute atomic E-state index is 11.4. The first kappa shape index (κ1) is 14.6. The summed E-state index contributed by atoms with van der Waals surface area (Å²) in [6, 6.07) is 16.3. The molecule has 0 radical (unpaired) electrons. The van der Waals surface area contributed by atoms with Crippen LogP contribution in [0.2, 0.25) is 0 Å². The lowest BCUT2D eigenvalue weighted by Gasteiger charge is -2.13. The molecular weight excluding hydrogens is 286 g/mol. The molecule has 0 fully saturated rings. The van der Waals surface area contributed by atoms with Gasteiger partial charge in [0.05, 0.1) is 11.6 Å². The summed E-state index contributed by atoms with van der Waals surface area (Å²) in [4.78, 5) is 11.4. The Morgan fingerprint density at radius 3 is 2.26 bits per heavy atom. The zero-order valence-electron chi connectivity index (χ0n) is 12.2. The minimum atomic E-state index is -0.0513. The average Bonchev–Trinajstić information content (AvgIpc) is 2.59. The van der Waals surface area contributed by atoms with Crippen LogP contribution in [0.1, 0.15) is 16.7 Å². The number of nitrogens with zero attached hydrogens (tertiary/aromatic N) is 1. The fourth-order valence-corrected chi connectivity index (χ4v) is 2.49. The Hall–Kier alpha value is -3.38. The molecule has 0 aliphatic heterocycles. The summed E-state index contributed by atoms with van der Waals surface area (Å²) in [5.74, 6) is 0.137. The smallest absolute Gasteiger partial charge is 0.178 e. The van der Waals surface area contributed by atoms with E-state index in [1.165, 1.54) is 12.2 Å². The lowest BCUT2D eigenvalue weighted by molar-refractivity contribution is -0.110. The first-order chi connectivity index (χ1) is 11.2. The Morgan fingerprint density at radius 2 is 1.61 bits per heavy atom. The van der Waals surface area contributed by atoms with Crippen LogP contribution in [0.3, 0.4) is 0 Å². The van der Waals surface area contributed by atoms with Crippen LogP contribution in [0.25, 0.3) is 5.57 Å². The second kappa shape index (κ2) is 6.17. The van der Waals surface area contributed by atoms with Crippen LogP contribution < -0.4 is 0 Å². The fraction of sp³-hybridized carbons (Fsp3) is 0. The molecule has 0 aromatic heterocycles. The third-order valence-electron chi connectivity index (χ3n) is 3.58. The van der Waals surface area contributed by atoms with E-state index in [1.54, 1.807) is 30.4 Å². The Kier molecular flexibility index (Phi) is 3.90. The van der Waals surface area contributed by atoms with Crippen LogP contribution in [-0.4, -0.2) is 10.9 Å². The fourth-order valence-electron chi connectivity index (χ4n) is 2.49. The highest BCUT2D eigenvalue weighted by molar-refractivity contribution is 6.03. The lowest BCUT2D eigenvalue weighted by Crippen LogP contribution is -1.97. The standard InChI is InChI=1S/C20H13NO2/c21-13-14-2-1-3-17(12-14)20(15-4-8-18(22)9-5-15)16-6-10-19(23)11-7-16/h1-12,22H. The molecule has 0 amide bonds. The molecule has 0 bridgehead atoms. The maximum atomic E-state index is 11.4. The van der Waals surface area contributed by atoms with Crippen molar-refractivity contribution in [3.8, 4) is 11.8 Å². The first-order valence-corrected chi connectivity index (χ1v) is 7.12. The van der Waals surface area contributed by atoms with E-state index in [0.29, 0.717) is 5.56 Å². The maximum Gasteiger partial charge on any atom is 0.178 e. The van der Waals surface area contributed by atoms with E-state index in [4.69, 9.17) is 5.26 Å². The highest BCUT2D eigenvalue weighted by Crippen LogP contribution is 2.30. The third kappa shape index (κ3) is 3.12. The van der Waals surface area contributed by atoms with Gasteiger partial charge in [0.2, 0.25) is 0 Å². The van der Waals surface area contributed by atoms with Gasteiger partial charge in [0, 0.05) is 0 Å². The minimum Gasteiger partial charge on any atom is -0.508 e. The summed E-state index contributed by atoms with van der Waals surface area (Å²) in [6.45, 7) is 0. The number of allylic oxidation sites excluding steroid dienone is 5. The molecule has 110 valence electrons. The van der Waals surface area contributed by atoms with Crippen molar-refractivity contribution in [2.24, 2.45) is 0 Å². The monoisotopic (exact) mass is 299 g/mol. The molecule has 1 N–H and O–H groups in total. The number of rotatable bonds is 2. The van der Waals surface area contributed by atoms with Gasteiger partial charge in [-0.25, -0.2) is 0 Å². The number of phenols is 1. The topological polar surface area (TPSA) is 61.1 Å². The van der Waals surface area contributed by atoms with Crippen molar-refractivity contribution in [1.82, 2.24) is 0 Å². The van der Waals surface area contributed by atoms with Crippen LogP contribution >= 0.6 is 0 Å². The highest BCUT2D eigenvalue weighted by atomic mass is 16.3.